The maximum atomic E-state index is 12.6. The summed E-state index contributed by atoms with van der Waals surface area (Å²) in [6.07, 6.45) is 3.31. The number of rotatable bonds is 5. The Balaban J connectivity index is 1.32. The lowest BCUT2D eigenvalue weighted by molar-refractivity contribution is -0.131. The van der Waals surface area contributed by atoms with Crippen LogP contribution in [0.5, 0.6) is 11.5 Å². The normalized spacial score (nSPS) is 20.9. The molecule has 1 saturated carbocycles. The van der Waals surface area contributed by atoms with Crippen LogP contribution in [0.1, 0.15) is 50.6 Å². The summed E-state index contributed by atoms with van der Waals surface area (Å²) in [7, 11) is 0. The smallest absolute Gasteiger partial charge is 0.325 e. The maximum Gasteiger partial charge on any atom is 0.325 e. The monoisotopic (exact) mass is 373 g/mol. The summed E-state index contributed by atoms with van der Waals surface area (Å²) in [5, 5.41) is 5.72. The van der Waals surface area contributed by atoms with Crippen molar-refractivity contribution in [3.05, 3.63) is 23.8 Å². The SMILES string of the molecule is CC(NC(=O)CCN1C(=O)NC2(CCCC2)C1=O)c1ccc2c(c1)OCO2. The molecule has 1 spiro atoms. The summed E-state index contributed by atoms with van der Waals surface area (Å²) in [4.78, 5) is 38.2. The molecule has 4 rings (SSSR count). The maximum absolute atomic E-state index is 12.6. The number of fused-ring (bicyclic) bond motifs is 1. The van der Waals surface area contributed by atoms with Gasteiger partial charge in [-0.1, -0.05) is 18.9 Å². The second kappa shape index (κ2) is 6.75. The zero-order chi connectivity index (χ0) is 19.0. The van der Waals surface area contributed by atoms with Crippen LogP contribution >= 0.6 is 0 Å². The molecule has 0 radical (unpaired) electrons. The van der Waals surface area contributed by atoms with E-state index >= 15 is 0 Å². The summed E-state index contributed by atoms with van der Waals surface area (Å²) in [6.45, 7) is 2.16. The lowest BCUT2D eigenvalue weighted by Crippen LogP contribution is -2.44. The van der Waals surface area contributed by atoms with Crippen LogP contribution in [0, 0.1) is 0 Å². The Kier molecular flexibility index (Phi) is 4.41. The Labute approximate surface area is 157 Å². The van der Waals surface area contributed by atoms with E-state index in [4.69, 9.17) is 9.47 Å². The highest BCUT2D eigenvalue weighted by atomic mass is 16.7. The molecule has 1 atom stereocenters. The predicted molar refractivity (Wildman–Crippen MR) is 95.2 cm³/mol. The van der Waals surface area contributed by atoms with Crippen LogP contribution in [0.4, 0.5) is 4.79 Å². The highest BCUT2D eigenvalue weighted by molar-refractivity contribution is 6.07. The number of amides is 4. The summed E-state index contributed by atoms with van der Waals surface area (Å²) in [5.74, 6) is 0.946. The van der Waals surface area contributed by atoms with Crippen molar-refractivity contribution in [3.8, 4) is 11.5 Å². The van der Waals surface area contributed by atoms with E-state index in [1.165, 1.54) is 4.90 Å². The molecule has 4 amide bonds. The van der Waals surface area contributed by atoms with E-state index in [-0.39, 0.29) is 37.6 Å². The van der Waals surface area contributed by atoms with Gasteiger partial charge in [0.05, 0.1) is 6.04 Å². The average Bonchev–Trinajstić information content (AvgIpc) is 3.34. The van der Waals surface area contributed by atoms with Crippen molar-refractivity contribution in [2.24, 2.45) is 0 Å². The molecule has 1 saturated heterocycles. The number of benzene rings is 1. The molecule has 2 N–H and O–H groups in total. The van der Waals surface area contributed by atoms with Crippen molar-refractivity contribution in [1.82, 2.24) is 15.5 Å². The van der Waals surface area contributed by atoms with Crippen molar-refractivity contribution >= 4 is 17.8 Å². The Morgan fingerprint density at radius 3 is 2.78 bits per heavy atom. The molecule has 0 aromatic heterocycles. The molecule has 1 aliphatic carbocycles. The molecule has 2 heterocycles. The highest BCUT2D eigenvalue weighted by Crippen LogP contribution is 2.35. The number of urea groups is 1. The van der Waals surface area contributed by atoms with Crippen LogP contribution in [-0.4, -0.2) is 41.6 Å². The van der Waals surface area contributed by atoms with Crippen LogP contribution in [0.15, 0.2) is 18.2 Å². The molecular formula is C19H23N3O5. The Morgan fingerprint density at radius 2 is 2.00 bits per heavy atom. The van der Waals surface area contributed by atoms with Crippen LogP contribution < -0.4 is 20.1 Å². The Bertz CT molecular complexity index is 788. The second-order valence-corrected chi connectivity index (χ2v) is 7.33. The molecule has 1 aromatic carbocycles. The van der Waals surface area contributed by atoms with Gasteiger partial charge in [0.2, 0.25) is 12.7 Å². The van der Waals surface area contributed by atoms with Gasteiger partial charge in [-0.25, -0.2) is 4.79 Å². The number of carbonyl (C=O) groups is 3. The molecule has 1 unspecified atom stereocenters. The van der Waals surface area contributed by atoms with Crippen LogP contribution in [0.25, 0.3) is 0 Å². The standard InChI is InChI=1S/C19H23N3O5/c1-12(13-4-5-14-15(10-13)27-11-26-14)20-16(23)6-9-22-17(24)19(21-18(22)25)7-2-3-8-19/h4-5,10,12H,2-3,6-9,11H2,1H3,(H,20,23)(H,21,25). The van der Waals surface area contributed by atoms with Crippen molar-refractivity contribution in [2.45, 2.75) is 50.6 Å². The van der Waals surface area contributed by atoms with E-state index in [1.54, 1.807) is 0 Å². The molecule has 8 heteroatoms. The number of hydrogen-bond acceptors (Lipinski definition) is 5. The minimum Gasteiger partial charge on any atom is -0.454 e. The molecule has 3 aliphatic rings. The Hall–Kier alpha value is -2.77. The van der Waals surface area contributed by atoms with Gasteiger partial charge in [-0.05, 0) is 37.5 Å². The minimum absolute atomic E-state index is 0.0735. The van der Waals surface area contributed by atoms with Gasteiger partial charge in [-0.3, -0.25) is 14.5 Å². The number of ether oxygens (including phenoxy) is 2. The van der Waals surface area contributed by atoms with Gasteiger partial charge in [0, 0.05) is 13.0 Å². The third-order valence-corrected chi connectivity index (χ3v) is 5.54. The number of imide groups is 1. The topological polar surface area (TPSA) is 97.0 Å². The molecule has 2 aliphatic heterocycles. The van der Waals surface area contributed by atoms with Crippen LogP contribution in [0.2, 0.25) is 0 Å². The fourth-order valence-electron chi connectivity index (χ4n) is 3.99. The van der Waals surface area contributed by atoms with Gasteiger partial charge in [0.1, 0.15) is 5.54 Å². The predicted octanol–water partition coefficient (Wildman–Crippen LogP) is 1.85. The fraction of sp³-hybridized carbons (Fsp3) is 0.526. The summed E-state index contributed by atoms with van der Waals surface area (Å²) in [5.41, 5.74) is 0.167. The quantitative estimate of drug-likeness (QED) is 0.768. The van der Waals surface area contributed by atoms with Crippen molar-refractivity contribution < 1.29 is 23.9 Å². The molecule has 8 nitrogen and oxygen atoms in total. The first-order valence-electron chi connectivity index (χ1n) is 9.31. The van der Waals surface area contributed by atoms with Crippen molar-refractivity contribution in [1.29, 1.82) is 0 Å². The second-order valence-electron chi connectivity index (χ2n) is 7.33. The van der Waals surface area contributed by atoms with Gasteiger partial charge in [-0.15, -0.1) is 0 Å². The van der Waals surface area contributed by atoms with Gasteiger partial charge in [-0.2, -0.15) is 0 Å². The molecular weight excluding hydrogens is 350 g/mol. The third kappa shape index (κ3) is 3.20. The molecule has 2 fully saturated rings. The van der Waals surface area contributed by atoms with Crippen molar-refractivity contribution in [2.75, 3.05) is 13.3 Å². The van der Waals surface area contributed by atoms with Gasteiger partial charge in [0.15, 0.2) is 11.5 Å². The summed E-state index contributed by atoms with van der Waals surface area (Å²) < 4.78 is 10.6. The van der Waals surface area contributed by atoms with E-state index in [9.17, 15) is 14.4 Å². The van der Waals surface area contributed by atoms with E-state index in [2.05, 4.69) is 10.6 Å². The first kappa shape index (κ1) is 17.6. The van der Waals surface area contributed by atoms with Crippen LogP contribution in [0.3, 0.4) is 0 Å². The van der Waals surface area contributed by atoms with Gasteiger partial charge < -0.3 is 20.1 Å². The lowest BCUT2D eigenvalue weighted by atomic mass is 9.98. The minimum atomic E-state index is -0.729. The molecule has 1 aromatic rings. The number of nitrogens with zero attached hydrogens (tertiary/aromatic N) is 1. The number of hydrogen-bond donors (Lipinski definition) is 2. The van der Waals surface area contributed by atoms with E-state index in [0.29, 0.717) is 24.3 Å². The average molecular weight is 373 g/mol. The zero-order valence-corrected chi connectivity index (χ0v) is 15.2. The summed E-state index contributed by atoms with van der Waals surface area (Å²) in [6, 6.07) is 4.91. The fourth-order valence-corrected chi connectivity index (χ4v) is 3.99. The van der Waals surface area contributed by atoms with E-state index in [0.717, 1.165) is 18.4 Å². The largest absolute Gasteiger partial charge is 0.454 e. The number of carbonyl (C=O) groups excluding carboxylic acids is 3. The molecule has 0 bridgehead atoms. The molecule has 27 heavy (non-hydrogen) atoms. The molecule has 144 valence electrons. The zero-order valence-electron chi connectivity index (χ0n) is 15.2. The Morgan fingerprint density at radius 1 is 1.26 bits per heavy atom. The first-order chi connectivity index (χ1) is 13.0. The first-order valence-corrected chi connectivity index (χ1v) is 9.31. The van der Waals surface area contributed by atoms with E-state index in [1.807, 2.05) is 25.1 Å². The van der Waals surface area contributed by atoms with Gasteiger partial charge in [0.25, 0.3) is 5.91 Å². The lowest BCUT2D eigenvalue weighted by Gasteiger charge is -2.20. The highest BCUT2D eigenvalue weighted by Gasteiger charge is 2.52. The number of nitrogens with one attached hydrogen (secondary N) is 2. The third-order valence-electron chi connectivity index (χ3n) is 5.54. The summed E-state index contributed by atoms with van der Waals surface area (Å²) >= 11 is 0. The van der Waals surface area contributed by atoms with Crippen LogP contribution in [-0.2, 0) is 9.59 Å². The van der Waals surface area contributed by atoms with E-state index < -0.39 is 11.6 Å². The van der Waals surface area contributed by atoms with Crippen molar-refractivity contribution in [3.63, 3.8) is 0 Å². The van der Waals surface area contributed by atoms with Gasteiger partial charge >= 0.3 is 6.03 Å².